The summed E-state index contributed by atoms with van der Waals surface area (Å²) in [5.41, 5.74) is 1.88. The molecule has 1 unspecified atom stereocenters. The first-order chi connectivity index (χ1) is 6.34. The Morgan fingerprint density at radius 2 is 1.86 bits per heavy atom. The number of alkyl halides is 3. The minimum absolute atomic E-state index is 0.182. The summed E-state index contributed by atoms with van der Waals surface area (Å²) in [5, 5.41) is 0.973. The summed E-state index contributed by atoms with van der Waals surface area (Å²) in [6.45, 7) is 6.83. The fourth-order valence-electron chi connectivity index (χ4n) is 1.91. The van der Waals surface area contributed by atoms with Crippen LogP contribution in [0.2, 0.25) is 0 Å². The van der Waals surface area contributed by atoms with Gasteiger partial charge in [-0.3, -0.25) is 0 Å². The molecular weight excluding hydrogens is 372 g/mol. The third kappa shape index (κ3) is 2.46. The molecule has 0 amide bonds. The lowest BCUT2D eigenvalue weighted by Gasteiger charge is -2.02. The van der Waals surface area contributed by atoms with Crippen LogP contribution in [0.15, 0.2) is 11.6 Å². The monoisotopic (exact) mass is 386 g/mol. The molecule has 1 rings (SSSR count). The molecule has 0 aromatic carbocycles. The fourth-order valence-corrected chi connectivity index (χ4v) is 4.38. The van der Waals surface area contributed by atoms with Crippen LogP contribution in [0.25, 0.3) is 0 Å². The van der Waals surface area contributed by atoms with Gasteiger partial charge in [0.2, 0.25) is 0 Å². The highest BCUT2D eigenvalue weighted by molar-refractivity contribution is 9.25. The fraction of sp³-hybridized carbons (Fsp3) is 0.818. The lowest BCUT2D eigenvalue weighted by molar-refractivity contribution is 0.532. The van der Waals surface area contributed by atoms with E-state index in [0.29, 0.717) is 5.41 Å². The first-order valence-electron chi connectivity index (χ1n) is 4.93. The van der Waals surface area contributed by atoms with Crippen molar-refractivity contribution in [2.75, 3.05) is 5.33 Å². The van der Waals surface area contributed by atoms with Gasteiger partial charge in [-0.05, 0) is 31.1 Å². The van der Waals surface area contributed by atoms with E-state index in [9.17, 15) is 0 Å². The van der Waals surface area contributed by atoms with Crippen molar-refractivity contribution in [3.05, 3.63) is 11.6 Å². The van der Waals surface area contributed by atoms with Crippen LogP contribution in [-0.2, 0) is 0 Å². The highest BCUT2D eigenvalue weighted by atomic mass is 79.9. The van der Waals surface area contributed by atoms with Crippen LogP contribution < -0.4 is 0 Å². The molecule has 1 fully saturated rings. The van der Waals surface area contributed by atoms with Crippen molar-refractivity contribution < 1.29 is 0 Å². The van der Waals surface area contributed by atoms with Gasteiger partial charge in [-0.15, -0.1) is 0 Å². The molecule has 3 heteroatoms. The van der Waals surface area contributed by atoms with E-state index in [1.54, 1.807) is 0 Å². The van der Waals surface area contributed by atoms with E-state index >= 15 is 0 Å². The van der Waals surface area contributed by atoms with Crippen molar-refractivity contribution >= 4 is 47.8 Å². The summed E-state index contributed by atoms with van der Waals surface area (Å²) in [7, 11) is 0. The maximum Gasteiger partial charge on any atom is 0.0893 e. The molecule has 1 atom stereocenters. The maximum atomic E-state index is 3.75. The molecule has 0 bridgehead atoms. The topological polar surface area (TPSA) is 0 Å². The first kappa shape index (κ1) is 13.2. The second-order valence-electron chi connectivity index (χ2n) is 4.64. The Kier molecular flexibility index (Phi) is 4.34. The Bertz CT molecular complexity index is 227. The summed E-state index contributed by atoms with van der Waals surface area (Å²) in [6, 6.07) is 0. The lowest BCUT2D eigenvalue weighted by Crippen LogP contribution is -1.94. The van der Waals surface area contributed by atoms with Gasteiger partial charge in [0.15, 0.2) is 0 Å². The van der Waals surface area contributed by atoms with Crippen molar-refractivity contribution in [3.8, 4) is 0 Å². The average Bonchev–Trinajstić information content (AvgIpc) is 2.41. The molecule has 82 valence electrons. The van der Waals surface area contributed by atoms with E-state index in [-0.39, 0.29) is 3.23 Å². The minimum Gasteiger partial charge on any atom is -0.0883 e. The molecule has 0 N–H and O–H groups in total. The van der Waals surface area contributed by atoms with Crippen LogP contribution in [0.1, 0.15) is 33.6 Å². The molecule has 0 heterocycles. The molecule has 0 saturated heterocycles. The van der Waals surface area contributed by atoms with Crippen LogP contribution >= 0.6 is 47.8 Å². The van der Waals surface area contributed by atoms with Crippen molar-refractivity contribution in [1.29, 1.82) is 0 Å². The normalized spacial score (nSPS) is 29.0. The van der Waals surface area contributed by atoms with Gasteiger partial charge in [-0.1, -0.05) is 73.3 Å². The number of hydrogen-bond donors (Lipinski definition) is 0. The van der Waals surface area contributed by atoms with Crippen LogP contribution in [0, 0.1) is 11.3 Å². The second-order valence-corrected chi connectivity index (χ2v) is 8.85. The van der Waals surface area contributed by atoms with Crippen LogP contribution in [0.4, 0.5) is 0 Å². The Morgan fingerprint density at radius 3 is 2.21 bits per heavy atom. The lowest BCUT2D eigenvalue weighted by atomic mass is 10.0. The summed E-state index contributed by atoms with van der Waals surface area (Å²) >= 11 is 10.9. The zero-order valence-corrected chi connectivity index (χ0v) is 13.7. The van der Waals surface area contributed by atoms with Crippen LogP contribution in [0.3, 0.4) is 0 Å². The summed E-state index contributed by atoms with van der Waals surface area (Å²) < 4.78 is 0.182. The molecule has 0 aliphatic heterocycles. The Hall–Kier alpha value is 1.18. The van der Waals surface area contributed by atoms with E-state index in [1.807, 2.05) is 0 Å². The van der Waals surface area contributed by atoms with Crippen molar-refractivity contribution in [2.24, 2.45) is 11.3 Å². The quantitative estimate of drug-likeness (QED) is 0.455. The number of allylic oxidation sites excluding steroid dienone is 2. The highest BCUT2D eigenvalue weighted by Gasteiger charge is 2.67. The molecular formula is C11H17Br3. The zero-order chi connectivity index (χ0) is 11.0. The Morgan fingerprint density at radius 1 is 1.36 bits per heavy atom. The van der Waals surface area contributed by atoms with Gasteiger partial charge < -0.3 is 0 Å². The Balaban J connectivity index is 2.39. The third-order valence-electron chi connectivity index (χ3n) is 3.34. The van der Waals surface area contributed by atoms with Crippen molar-refractivity contribution in [1.82, 2.24) is 0 Å². The predicted molar refractivity (Wildman–Crippen MR) is 74.6 cm³/mol. The van der Waals surface area contributed by atoms with E-state index in [4.69, 9.17) is 0 Å². The van der Waals surface area contributed by atoms with Gasteiger partial charge in [-0.25, -0.2) is 0 Å². The molecule has 14 heavy (non-hydrogen) atoms. The van der Waals surface area contributed by atoms with Crippen molar-refractivity contribution in [2.45, 2.75) is 36.8 Å². The van der Waals surface area contributed by atoms with E-state index in [2.05, 4.69) is 74.6 Å². The molecule has 0 aromatic heterocycles. The van der Waals surface area contributed by atoms with Gasteiger partial charge in [0.25, 0.3) is 0 Å². The van der Waals surface area contributed by atoms with Gasteiger partial charge >= 0.3 is 0 Å². The summed E-state index contributed by atoms with van der Waals surface area (Å²) in [4.78, 5) is 0. The molecule has 1 aliphatic carbocycles. The highest BCUT2D eigenvalue weighted by Crippen LogP contribution is 2.72. The van der Waals surface area contributed by atoms with Gasteiger partial charge in [0.05, 0.1) is 3.23 Å². The van der Waals surface area contributed by atoms with Crippen LogP contribution in [0.5, 0.6) is 0 Å². The molecule has 0 nitrogen and oxygen atoms in total. The van der Waals surface area contributed by atoms with Crippen LogP contribution in [-0.4, -0.2) is 8.56 Å². The summed E-state index contributed by atoms with van der Waals surface area (Å²) in [6.07, 6.45) is 4.72. The molecule has 0 radical (unpaired) electrons. The van der Waals surface area contributed by atoms with E-state index in [0.717, 1.165) is 11.2 Å². The molecule has 0 spiro atoms. The van der Waals surface area contributed by atoms with E-state index in [1.165, 1.54) is 18.4 Å². The van der Waals surface area contributed by atoms with Gasteiger partial charge in [0, 0.05) is 5.33 Å². The average molecular weight is 389 g/mol. The number of halogens is 3. The van der Waals surface area contributed by atoms with Crippen molar-refractivity contribution in [3.63, 3.8) is 0 Å². The SMILES string of the molecule is C/C(=C\CBr)CCC1C(C)(C)C1(Br)Br. The largest absolute Gasteiger partial charge is 0.0893 e. The van der Waals surface area contributed by atoms with E-state index < -0.39 is 0 Å². The Labute approximate surface area is 112 Å². The minimum atomic E-state index is 0.182. The zero-order valence-electron chi connectivity index (χ0n) is 8.91. The van der Waals surface area contributed by atoms with Gasteiger partial charge in [0.1, 0.15) is 0 Å². The third-order valence-corrected chi connectivity index (χ3v) is 6.81. The standard InChI is InChI=1S/C11H17Br3/c1-8(6-7-12)4-5-9-10(2,3)11(9,13)14/h6,9H,4-5,7H2,1-3H3/b8-6+. The molecule has 1 saturated carbocycles. The maximum absolute atomic E-state index is 3.75. The molecule has 1 aliphatic rings. The van der Waals surface area contributed by atoms with Gasteiger partial charge in [-0.2, -0.15) is 0 Å². The smallest absolute Gasteiger partial charge is 0.0883 e. The molecule has 0 aromatic rings. The number of rotatable bonds is 4. The first-order valence-corrected chi connectivity index (χ1v) is 7.64. The second kappa shape index (κ2) is 4.58. The summed E-state index contributed by atoms with van der Waals surface area (Å²) in [5.74, 6) is 0.744. The number of hydrogen-bond acceptors (Lipinski definition) is 0. The predicted octanol–water partition coefficient (Wildman–Crippen LogP) is 5.25.